The summed E-state index contributed by atoms with van der Waals surface area (Å²) in [5.41, 5.74) is 2.29. The van der Waals surface area contributed by atoms with Crippen LogP contribution in [0, 0.1) is 0 Å². The fraction of sp³-hybridized carbons (Fsp3) is 0.233. The van der Waals surface area contributed by atoms with E-state index >= 15 is 0 Å². The third-order valence-corrected chi connectivity index (χ3v) is 8.41. The molecule has 0 radical (unpaired) electrons. The van der Waals surface area contributed by atoms with Crippen molar-refractivity contribution in [2.75, 3.05) is 26.2 Å². The topological polar surface area (TPSA) is 107 Å². The summed E-state index contributed by atoms with van der Waals surface area (Å²) < 4.78 is 23.1. The highest BCUT2D eigenvalue weighted by Gasteiger charge is 2.48. The van der Waals surface area contributed by atoms with Crippen LogP contribution in [0.2, 0.25) is 5.02 Å². The molecule has 210 valence electrons. The van der Waals surface area contributed by atoms with E-state index in [0.717, 1.165) is 16.0 Å². The van der Waals surface area contributed by atoms with Crippen molar-refractivity contribution in [3.63, 3.8) is 0 Å². The lowest BCUT2D eigenvalue weighted by Crippen LogP contribution is -2.29. The second kappa shape index (κ2) is 10.3. The summed E-state index contributed by atoms with van der Waals surface area (Å²) >= 11 is 7.41. The molecular formula is C30H25ClN2O7S. The van der Waals surface area contributed by atoms with E-state index in [1.165, 1.54) is 37.6 Å². The number of thiazole rings is 1. The van der Waals surface area contributed by atoms with Gasteiger partial charge in [0.25, 0.3) is 5.78 Å². The van der Waals surface area contributed by atoms with Gasteiger partial charge in [-0.2, -0.15) is 0 Å². The van der Waals surface area contributed by atoms with Crippen LogP contribution in [-0.2, 0) is 16.0 Å². The molecule has 3 aromatic carbocycles. The summed E-state index contributed by atoms with van der Waals surface area (Å²) in [6, 6.07) is 12.7. The van der Waals surface area contributed by atoms with Crippen molar-refractivity contribution in [3.05, 3.63) is 75.8 Å². The average molecular weight is 593 g/mol. The fourth-order valence-corrected chi connectivity index (χ4v) is 6.59. The molecule has 2 atom stereocenters. The maximum Gasteiger partial charge on any atom is 0.301 e. The first kappa shape index (κ1) is 26.9. The Morgan fingerprint density at radius 1 is 1.05 bits per heavy atom. The first-order valence-corrected chi connectivity index (χ1v) is 13.9. The molecule has 2 aliphatic heterocycles. The van der Waals surface area contributed by atoms with Crippen LogP contribution in [0.1, 0.15) is 29.7 Å². The lowest BCUT2D eigenvalue weighted by molar-refractivity contribution is -0.132. The van der Waals surface area contributed by atoms with Crippen molar-refractivity contribution in [1.29, 1.82) is 0 Å². The minimum atomic E-state index is -1.05. The third kappa shape index (κ3) is 4.43. The number of carbonyl (C=O) groups excluding carboxylic acids is 2. The highest BCUT2D eigenvalue weighted by atomic mass is 35.5. The molecule has 0 saturated carbocycles. The zero-order valence-corrected chi connectivity index (χ0v) is 24.1. The van der Waals surface area contributed by atoms with Gasteiger partial charge in [-0.15, -0.1) is 0 Å². The van der Waals surface area contributed by atoms with E-state index in [1.54, 1.807) is 48.5 Å². The molecule has 0 bridgehead atoms. The smallest absolute Gasteiger partial charge is 0.301 e. The third-order valence-electron chi connectivity index (χ3n) is 7.16. The number of ether oxygens (including phenoxy) is 4. The number of aliphatic hydroxyl groups is 1. The molecule has 6 rings (SSSR count). The molecule has 1 aromatic heterocycles. The van der Waals surface area contributed by atoms with Gasteiger partial charge in [-0.1, -0.05) is 22.9 Å². The normalized spacial score (nSPS) is 19.4. The molecule has 11 heteroatoms. The predicted octanol–water partition coefficient (Wildman–Crippen LogP) is 5.93. The van der Waals surface area contributed by atoms with Crippen molar-refractivity contribution < 1.29 is 33.6 Å². The van der Waals surface area contributed by atoms with Gasteiger partial charge in [-0.3, -0.25) is 14.5 Å². The Morgan fingerprint density at radius 3 is 2.46 bits per heavy atom. The molecule has 1 saturated heterocycles. The largest absolute Gasteiger partial charge is 0.507 e. The van der Waals surface area contributed by atoms with E-state index in [-0.39, 0.29) is 22.6 Å². The molecule has 1 amide bonds. The Bertz CT molecular complexity index is 1740. The number of methoxy groups -OCH3 is 3. The number of benzene rings is 3. The van der Waals surface area contributed by atoms with Crippen LogP contribution >= 0.6 is 22.9 Å². The number of ketones is 1. The highest BCUT2D eigenvalue weighted by molar-refractivity contribution is 7.22. The number of carbonyl (C=O) groups is 2. The Hall–Kier alpha value is -4.28. The van der Waals surface area contributed by atoms with E-state index in [1.807, 2.05) is 6.92 Å². The number of anilines is 1. The van der Waals surface area contributed by atoms with Gasteiger partial charge in [0.05, 0.1) is 43.2 Å². The number of hydrogen-bond donors (Lipinski definition) is 1. The minimum Gasteiger partial charge on any atom is -0.507 e. The van der Waals surface area contributed by atoms with Gasteiger partial charge in [0.15, 0.2) is 16.6 Å². The van der Waals surface area contributed by atoms with Crippen LogP contribution in [0.15, 0.2) is 54.1 Å². The lowest BCUT2D eigenvalue weighted by Gasteiger charge is -2.24. The molecule has 4 aromatic rings. The summed E-state index contributed by atoms with van der Waals surface area (Å²) in [6.45, 7) is 1.96. The monoisotopic (exact) mass is 592 g/mol. The van der Waals surface area contributed by atoms with Gasteiger partial charge in [0, 0.05) is 17.0 Å². The van der Waals surface area contributed by atoms with E-state index in [0.29, 0.717) is 45.3 Å². The second-order valence-electron chi connectivity index (χ2n) is 9.69. The van der Waals surface area contributed by atoms with E-state index in [4.69, 9.17) is 30.5 Å². The molecule has 1 N–H and O–H groups in total. The second-order valence-corrected chi connectivity index (χ2v) is 11.1. The zero-order chi connectivity index (χ0) is 29.0. The van der Waals surface area contributed by atoms with Crippen LogP contribution in [0.3, 0.4) is 0 Å². The molecule has 0 aliphatic carbocycles. The van der Waals surface area contributed by atoms with Crippen molar-refractivity contribution in [2.45, 2.75) is 25.5 Å². The Labute approximate surface area is 244 Å². The summed E-state index contributed by atoms with van der Waals surface area (Å²) in [6.07, 6.45) is 0.662. The maximum atomic E-state index is 13.7. The zero-order valence-electron chi connectivity index (χ0n) is 22.6. The average Bonchev–Trinajstić information content (AvgIpc) is 3.63. The molecule has 1 fully saturated rings. The summed E-state index contributed by atoms with van der Waals surface area (Å²) in [4.78, 5) is 33.4. The molecular weight excluding hydrogens is 568 g/mol. The first-order chi connectivity index (χ1) is 19.7. The molecule has 2 unspecified atom stereocenters. The van der Waals surface area contributed by atoms with Gasteiger partial charge < -0.3 is 24.1 Å². The minimum absolute atomic E-state index is 0.000237. The number of rotatable bonds is 6. The van der Waals surface area contributed by atoms with Crippen LogP contribution in [0.4, 0.5) is 5.13 Å². The lowest BCUT2D eigenvalue weighted by atomic mass is 9.94. The summed E-state index contributed by atoms with van der Waals surface area (Å²) in [5.74, 6) is -0.255. The standard InChI is InChI=1S/C30H25ClN2O7S/c1-14-9-16-10-15(5-8-20(16)40-14)26(34)24-25(17-11-21(37-2)28(39-4)22(12-17)38-3)33(29(36)27(24)35)30-32-19-7-6-18(31)13-23(19)41-30/h5-8,10-14,25,34H,9H2,1-4H3/b26-24-. The number of aliphatic hydroxyl groups excluding tert-OH is 1. The van der Waals surface area contributed by atoms with Gasteiger partial charge in [0.1, 0.15) is 17.6 Å². The summed E-state index contributed by atoms with van der Waals surface area (Å²) in [7, 11) is 4.43. The van der Waals surface area contributed by atoms with Gasteiger partial charge in [-0.05, 0) is 66.6 Å². The summed E-state index contributed by atoms with van der Waals surface area (Å²) in [5, 5.41) is 12.4. The fourth-order valence-electron chi connectivity index (χ4n) is 5.32. The van der Waals surface area contributed by atoms with Gasteiger partial charge >= 0.3 is 5.91 Å². The number of Topliss-reactive ketones (excluding diaryl/α,β-unsaturated/α-hetero) is 1. The maximum absolute atomic E-state index is 13.7. The Morgan fingerprint density at radius 2 is 1.78 bits per heavy atom. The number of fused-ring (bicyclic) bond motifs is 2. The Balaban J connectivity index is 1.59. The van der Waals surface area contributed by atoms with Gasteiger partial charge in [-0.25, -0.2) is 4.98 Å². The number of aromatic nitrogens is 1. The van der Waals surface area contributed by atoms with Crippen LogP contribution in [-0.4, -0.2) is 49.2 Å². The number of hydrogen-bond acceptors (Lipinski definition) is 9. The number of amides is 1. The SMILES string of the molecule is COc1cc(C2/C(=C(/O)c3ccc4c(c3)CC(C)O4)C(=O)C(=O)N2c2nc3ccc(Cl)cc3s2)cc(OC)c1OC. The van der Waals surface area contributed by atoms with Crippen molar-refractivity contribution in [3.8, 4) is 23.0 Å². The molecule has 0 spiro atoms. The van der Waals surface area contributed by atoms with Crippen LogP contribution in [0.5, 0.6) is 23.0 Å². The molecule has 9 nitrogen and oxygen atoms in total. The van der Waals surface area contributed by atoms with E-state index < -0.39 is 17.7 Å². The van der Waals surface area contributed by atoms with Gasteiger partial charge in [0.2, 0.25) is 5.75 Å². The molecule has 41 heavy (non-hydrogen) atoms. The predicted molar refractivity (Wildman–Crippen MR) is 156 cm³/mol. The van der Waals surface area contributed by atoms with E-state index in [2.05, 4.69) is 4.98 Å². The van der Waals surface area contributed by atoms with Crippen molar-refractivity contribution >= 4 is 55.7 Å². The van der Waals surface area contributed by atoms with E-state index in [9.17, 15) is 14.7 Å². The molecule has 3 heterocycles. The quantitative estimate of drug-likeness (QED) is 0.167. The van der Waals surface area contributed by atoms with Crippen molar-refractivity contribution in [2.24, 2.45) is 0 Å². The number of halogens is 1. The van der Waals surface area contributed by atoms with Crippen LogP contribution in [0.25, 0.3) is 16.0 Å². The first-order valence-electron chi connectivity index (χ1n) is 12.7. The van der Waals surface area contributed by atoms with Crippen molar-refractivity contribution in [1.82, 2.24) is 4.98 Å². The molecule has 2 aliphatic rings. The Kier molecular flexibility index (Phi) is 6.75. The number of nitrogens with zero attached hydrogens (tertiary/aromatic N) is 2. The highest BCUT2D eigenvalue weighted by Crippen LogP contribution is 2.48. The van der Waals surface area contributed by atoms with Crippen LogP contribution < -0.4 is 23.8 Å².